The molecule has 0 aliphatic carbocycles. The molecule has 0 N–H and O–H groups in total. The minimum Gasteiger partial charge on any atom is -0.509 e. The van der Waals surface area contributed by atoms with Crippen molar-refractivity contribution >= 4 is 44.6 Å². The molecule has 0 saturated heterocycles. The zero-order valence-electron chi connectivity index (χ0n) is 32.6. The number of anilines is 4. The van der Waals surface area contributed by atoms with E-state index in [0.29, 0.717) is 11.5 Å². The fraction of sp³-hybridized carbons (Fsp3) is 0.250. The first kappa shape index (κ1) is 37.5. The Hall–Kier alpha value is -4.86. The Morgan fingerprint density at radius 2 is 1.22 bits per heavy atom. The molecule has 1 aliphatic heterocycles. The molecule has 8 rings (SSSR count). The average Bonchev–Trinajstić information content (AvgIpc) is 3.67. The first-order chi connectivity index (χ1) is 25.2. The maximum Gasteiger partial charge on any atom is 0.135 e. The maximum absolute atomic E-state index is 6.75. The van der Waals surface area contributed by atoms with Crippen molar-refractivity contribution in [3.63, 3.8) is 0 Å². The van der Waals surface area contributed by atoms with Crippen molar-refractivity contribution in [1.29, 1.82) is 0 Å². The normalized spacial score (nSPS) is 13.4. The van der Waals surface area contributed by atoms with Crippen molar-refractivity contribution in [2.24, 2.45) is 0 Å². The van der Waals surface area contributed by atoms with E-state index in [-0.39, 0.29) is 37.3 Å². The van der Waals surface area contributed by atoms with E-state index in [2.05, 4.69) is 199 Å². The summed E-state index contributed by atoms with van der Waals surface area (Å²) < 4.78 is 8.95. The van der Waals surface area contributed by atoms with Gasteiger partial charge in [-0.2, -0.15) is 6.07 Å². The molecule has 0 spiro atoms. The van der Waals surface area contributed by atoms with Crippen molar-refractivity contribution in [2.75, 3.05) is 9.80 Å². The Labute approximate surface area is 334 Å². The maximum atomic E-state index is 6.75. The molecule has 5 nitrogen and oxygen atoms in total. The second-order valence-electron chi connectivity index (χ2n) is 17.2. The second-order valence-corrected chi connectivity index (χ2v) is 17.2. The van der Waals surface area contributed by atoms with Gasteiger partial charge in [-0.1, -0.05) is 116 Å². The Balaban J connectivity index is 0.00000450. The summed E-state index contributed by atoms with van der Waals surface area (Å²) in [5, 5.41) is 2.25. The quantitative estimate of drug-likeness (QED) is 0.161. The smallest absolute Gasteiger partial charge is 0.135 e. The number of benzene rings is 5. The van der Waals surface area contributed by atoms with E-state index in [1.807, 2.05) is 12.3 Å². The van der Waals surface area contributed by atoms with Crippen molar-refractivity contribution < 1.29 is 25.8 Å². The van der Waals surface area contributed by atoms with Crippen LogP contribution in [-0.4, -0.2) is 9.55 Å². The van der Waals surface area contributed by atoms with E-state index in [1.54, 1.807) is 0 Å². The molecule has 6 heteroatoms. The van der Waals surface area contributed by atoms with Crippen molar-refractivity contribution in [3.05, 3.63) is 151 Å². The number of rotatable bonds is 5. The molecule has 0 radical (unpaired) electrons. The molecule has 5 aromatic carbocycles. The molecule has 3 heterocycles. The summed E-state index contributed by atoms with van der Waals surface area (Å²) in [6.45, 7) is 22.4. The third kappa shape index (κ3) is 6.84. The summed E-state index contributed by atoms with van der Waals surface area (Å²) in [5.41, 5.74) is 9.78. The molecular weight excluding hydrogens is 844 g/mol. The van der Waals surface area contributed by atoms with Crippen LogP contribution < -0.4 is 14.5 Å². The van der Waals surface area contributed by atoms with Gasteiger partial charge in [0.1, 0.15) is 5.82 Å². The fourth-order valence-electron chi connectivity index (χ4n) is 7.26. The van der Waals surface area contributed by atoms with Gasteiger partial charge in [0, 0.05) is 61.3 Å². The number of fused-ring (bicyclic) bond motifs is 4. The molecule has 7 aromatic rings. The number of nitrogens with zero attached hydrogens (tertiary/aromatic N) is 4. The Bertz CT molecular complexity index is 2490. The van der Waals surface area contributed by atoms with E-state index in [0.717, 1.165) is 50.2 Å². The van der Waals surface area contributed by atoms with Crippen LogP contribution in [0, 0.1) is 18.8 Å². The second kappa shape index (κ2) is 13.8. The van der Waals surface area contributed by atoms with Crippen LogP contribution in [0.25, 0.3) is 27.6 Å². The van der Waals surface area contributed by atoms with E-state index in [1.165, 1.54) is 16.8 Å². The molecule has 0 saturated carbocycles. The van der Waals surface area contributed by atoms with Gasteiger partial charge in [0.25, 0.3) is 0 Å². The monoisotopic (exact) mass is 890 g/mol. The molecule has 0 fully saturated rings. The summed E-state index contributed by atoms with van der Waals surface area (Å²) in [4.78, 5) is 9.39. The first-order valence-corrected chi connectivity index (χ1v) is 18.5. The Morgan fingerprint density at radius 3 is 1.93 bits per heavy atom. The number of hydrogen-bond acceptors (Lipinski definition) is 4. The van der Waals surface area contributed by atoms with Crippen molar-refractivity contribution in [1.82, 2.24) is 9.55 Å². The zero-order valence-corrected chi connectivity index (χ0v) is 34.8. The van der Waals surface area contributed by atoms with E-state index < -0.39 is 0 Å². The van der Waals surface area contributed by atoms with Crippen LogP contribution in [0.5, 0.6) is 11.5 Å². The summed E-state index contributed by atoms with van der Waals surface area (Å²) in [7, 11) is 0. The minimum absolute atomic E-state index is 0. The first-order valence-electron chi connectivity index (χ1n) is 18.5. The molecule has 54 heavy (non-hydrogen) atoms. The van der Waals surface area contributed by atoms with E-state index >= 15 is 0 Å². The minimum atomic E-state index is -0.135. The third-order valence-corrected chi connectivity index (χ3v) is 10.2. The van der Waals surface area contributed by atoms with E-state index in [9.17, 15) is 0 Å². The summed E-state index contributed by atoms with van der Waals surface area (Å²) >= 11 is 0. The largest absolute Gasteiger partial charge is 0.509 e. The molecule has 2 aromatic heterocycles. The molecule has 278 valence electrons. The predicted octanol–water partition coefficient (Wildman–Crippen LogP) is 12.9. The number of hydrogen-bond donors (Lipinski definition) is 0. The van der Waals surface area contributed by atoms with E-state index in [4.69, 9.17) is 9.72 Å². The summed E-state index contributed by atoms with van der Waals surface area (Å²) in [6, 6.07) is 45.8. The van der Waals surface area contributed by atoms with Crippen LogP contribution in [0.3, 0.4) is 0 Å². The van der Waals surface area contributed by atoms with Crippen LogP contribution in [-0.2, 0) is 37.3 Å². The zero-order chi connectivity index (χ0) is 37.3. The number of aromatic nitrogens is 2. The fourth-order valence-corrected chi connectivity index (χ4v) is 7.26. The molecule has 0 bridgehead atoms. The van der Waals surface area contributed by atoms with Gasteiger partial charge >= 0.3 is 0 Å². The van der Waals surface area contributed by atoms with Gasteiger partial charge in [0.2, 0.25) is 0 Å². The number of pyridine rings is 1. The molecule has 1 aliphatic rings. The van der Waals surface area contributed by atoms with Gasteiger partial charge in [-0.3, -0.25) is 0 Å². The molecule has 0 unspecified atom stereocenters. The SMILES string of the molecule is CC(C)(C)c1cc(Oc2[c-]c3c(cc2)c2ccccc2n3-c2cc(C(C)(C)C)ccn2)[c-]c(N2[CH-]N(c3ccccc3C(C)(C)C)c3ccccc32)c1.[Pt]. The number of para-hydroxylation sites is 4. The summed E-state index contributed by atoms with van der Waals surface area (Å²) in [5.74, 6) is 2.12. The van der Waals surface area contributed by atoms with Crippen LogP contribution in [0.15, 0.2) is 115 Å². The van der Waals surface area contributed by atoms with Gasteiger partial charge in [0.15, 0.2) is 0 Å². The molecule has 0 atom stereocenters. The van der Waals surface area contributed by atoms with Crippen LogP contribution in [0.4, 0.5) is 22.7 Å². The van der Waals surface area contributed by atoms with Gasteiger partial charge in [0.05, 0.1) is 0 Å². The number of ether oxygens (including phenoxy) is 1. The van der Waals surface area contributed by atoms with Crippen LogP contribution >= 0.6 is 0 Å². The summed E-state index contributed by atoms with van der Waals surface area (Å²) in [6.07, 6.45) is 1.90. The van der Waals surface area contributed by atoms with Crippen LogP contribution in [0.1, 0.15) is 79.0 Å². The van der Waals surface area contributed by atoms with Gasteiger partial charge in [-0.15, -0.1) is 53.6 Å². The Morgan fingerprint density at radius 1 is 0.574 bits per heavy atom. The third-order valence-electron chi connectivity index (χ3n) is 10.2. The van der Waals surface area contributed by atoms with Crippen molar-refractivity contribution in [3.8, 4) is 17.3 Å². The Kier molecular flexibility index (Phi) is 9.55. The topological polar surface area (TPSA) is 33.5 Å². The van der Waals surface area contributed by atoms with Gasteiger partial charge < -0.3 is 19.1 Å². The van der Waals surface area contributed by atoms with Gasteiger partial charge in [-0.05, 0) is 69.2 Å². The standard InChI is InChI=1S/C48H47N4O.Pt/c1-46(2,3)32-24-25-49-45(28-32)52-40-18-12-10-16-37(40)38-23-22-35(30-44(38)52)53-36-27-33(47(4,5)6)26-34(29-36)50-31-51(43-21-15-14-20-42(43)50)41-19-13-11-17-39(41)48(7,8)9;/h10-28,31H,1-9H3;/q-3;. The predicted molar refractivity (Wildman–Crippen MR) is 220 cm³/mol. The van der Waals surface area contributed by atoms with Gasteiger partial charge in [-0.25, -0.2) is 4.98 Å². The molecule has 0 amide bonds. The molecular formula is C48H47N4OPt-3. The van der Waals surface area contributed by atoms with Crippen molar-refractivity contribution in [2.45, 2.75) is 78.6 Å². The van der Waals surface area contributed by atoms with Crippen LogP contribution in [0.2, 0.25) is 0 Å². The average molecular weight is 891 g/mol.